The van der Waals surface area contributed by atoms with Gasteiger partial charge in [0.1, 0.15) is 18.1 Å². The number of nitrogens with zero attached hydrogens (tertiary/aromatic N) is 1. The molecular formula is C15H24N2O3. The highest BCUT2D eigenvalue weighted by Gasteiger charge is 2.20. The van der Waals surface area contributed by atoms with Crippen LogP contribution in [0.1, 0.15) is 13.8 Å². The third-order valence-electron chi connectivity index (χ3n) is 3.13. The van der Waals surface area contributed by atoms with Crippen LogP contribution in [0, 0.1) is 5.92 Å². The highest BCUT2D eigenvalue weighted by molar-refractivity contribution is 5.81. The van der Waals surface area contributed by atoms with Crippen molar-refractivity contribution < 1.29 is 14.3 Å². The largest absolute Gasteiger partial charge is 0.497 e. The number of carbonyl (C=O) groups is 1. The van der Waals surface area contributed by atoms with Gasteiger partial charge in [-0.1, -0.05) is 13.8 Å². The van der Waals surface area contributed by atoms with Crippen molar-refractivity contribution in [2.75, 3.05) is 27.3 Å². The Balaban J connectivity index is 2.37. The number of nitrogens with two attached hydrogens (primary N) is 1. The predicted molar refractivity (Wildman–Crippen MR) is 78.9 cm³/mol. The predicted octanol–water partition coefficient (Wildman–Crippen LogP) is 1.52. The lowest BCUT2D eigenvalue weighted by Crippen LogP contribution is -2.46. The highest BCUT2D eigenvalue weighted by Crippen LogP contribution is 2.16. The van der Waals surface area contributed by atoms with E-state index in [1.165, 1.54) is 0 Å². The molecule has 1 rings (SSSR count). The molecule has 0 radical (unpaired) electrons. The van der Waals surface area contributed by atoms with E-state index in [0.29, 0.717) is 13.2 Å². The summed E-state index contributed by atoms with van der Waals surface area (Å²) in [6.45, 7) is 4.80. The second-order valence-electron chi connectivity index (χ2n) is 5.05. The Morgan fingerprint density at radius 2 is 1.80 bits per heavy atom. The number of likely N-dealkylation sites (N-methyl/N-ethyl adjacent to an activating group) is 1. The van der Waals surface area contributed by atoms with Crippen molar-refractivity contribution in [2.24, 2.45) is 11.7 Å². The summed E-state index contributed by atoms with van der Waals surface area (Å²) in [6.07, 6.45) is 0. The van der Waals surface area contributed by atoms with Gasteiger partial charge in [-0.15, -0.1) is 0 Å². The van der Waals surface area contributed by atoms with Crippen molar-refractivity contribution in [1.82, 2.24) is 4.90 Å². The Morgan fingerprint density at radius 1 is 1.25 bits per heavy atom. The van der Waals surface area contributed by atoms with E-state index in [9.17, 15) is 4.79 Å². The minimum atomic E-state index is -0.457. The molecule has 5 nitrogen and oxygen atoms in total. The summed E-state index contributed by atoms with van der Waals surface area (Å²) in [6, 6.07) is 6.87. The molecule has 112 valence electrons. The molecule has 1 atom stereocenters. The summed E-state index contributed by atoms with van der Waals surface area (Å²) in [5, 5.41) is 0. The minimum Gasteiger partial charge on any atom is -0.497 e. The molecule has 0 spiro atoms. The summed E-state index contributed by atoms with van der Waals surface area (Å²) in [5.74, 6) is 1.61. The Bertz CT molecular complexity index is 418. The molecule has 1 aromatic rings. The third-order valence-corrected chi connectivity index (χ3v) is 3.13. The van der Waals surface area contributed by atoms with Gasteiger partial charge in [0.2, 0.25) is 5.91 Å². The molecule has 1 amide bonds. The van der Waals surface area contributed by atoms with Crippen molar-refractivity contribution in [3.05, 3.63) is 24.3 Å². The molecule has 0 aliphatic carbocycles. The maximum atomic E-state index is 11.9. The molecule has 0 bridgehead atoms. The molecular weight excluding hydrogens is 256 g/mol. The number of hydrogen-bond acceptors (Lipinski definition) is 4. The van der Waals surface area contributed by atoms with Crippen molar-refractivity contribution >= 4 is 5.91 Å². The van der Waals surface area contributed by atoms with Crippen LogP contribution in [0.2, 0.25) is 0 Å². The highest BCUT2D eigenvalue weighted by atomic mass is 16.5. The summed E-state index contributed by atoms with van der Waals surface area (Å²) >= 11 is 0. The third kappa shape index (κ3) is 4.74. The second-order valence-corrected chi connectivity index (χ2v) is 5.05. The van der Waals surface area contributed by atoms with Crippen LogP contribution in [0.3, 0.4) is 0 Å². The lowest BCUT2D eigenvalue weighted by Gasteiger charge is -2.23. The van der Waals surface area contributed by atoms with Crippen molar-refractivity contribution in [3.63, 3.8) is 0 Å². The van der Waals surface area contributed by atoms with Crippen LogP contribution in [0.5, 0.6) is 11.5 Å². The Hall–Kier alpha value is -1.75. The van der Waals surface area contributed by atoms with E-state index >= 15 is 0 Å². The van der Waals surface area contributed by atoms with Crippen LogP contribution in [-0.4, -0.2) is 44.2 Å². The van der Waals surface area contributed by atoms with Gasteiger partial charge in [-0.05, 0) is 30.2 Å². The number of benzene rings is 1. The van der Waals surface area contributed by atoms with Gasteiger partial charge in [-0.25, -0.2) is 0 Å². The summed E-state index contributed by atoms with van der Waals surface area (Å²) in [4.78, 5) is 13.5. The fourth-order valence-electron chi connectivity index (χ4n) is 1.62. The molecule has 0 heterocycles. The maximum Gasteiger partial charge on any atom is 0.239 e. The first-order valence-corrected chi connectivity index (χ1v) is 6.73. The van der Waals surface area contributed by atoms with E-state index < -0.39 is 6.04 Å². The van der Waals surface area contributed by atoms with Crippen LogP contribution in [0.25, 0.3) is 0 Å². The van der Waals surface area contributed by atoms with Gasteiger partial charge in [-0.2, -0.15) is 0 Å². The van der Waals surface area contributed by atoms with Gasteiger partial charge in [0, 0.05) is 7.05 Å². The zero-order chi connectivity index (χ0) is 15.1. The van der Waals surface area contributed by atoms with Gasteiger partial charge in [0.15, 0.2) is 0 Å². The van der Waals surface area contributed by atoms with Crippen LogP contribution in [0.4, 0.5) is 0 Å². The maximum absolute atomic E-state index is 11.9. The molecule has 5 heteroatoms. The quantitative estimate of drug-likeness (QED) is 0.822. The SMILES string of the molecule is COc1ccc(OCCN(C)C(=O)C(N)C(C)C)cc1. The van der Waals surface area contributed by atoms with E-state index in [4.69, 9.17) is 15.2 Å². The van der Waals surface area contributed by atoms with Gasteiger partial charge in [0.05, 0.1) is 19.7 Å². The molecule has 0 aromatic heterocycles. The van der Waals surface area contributed by atoms with E-state index in [2.05, 4.69) is 0 Å². The number of hydrogen-bond donors (Lipinski definition) is 1. The van der Waals surface area contributed by atoms with E-state index in [1.54, 1.807) is 19.1 Å². The molecule has 0 saturated heterocycles. The molecule has 0 saturated carbocycles. The van der Waals surface area contributed by atoms with E-state index in [-0.39, 0.29) is 11.8 Å². The monoisotopic (exact) mass is 280 g/mol. The normalized spacial score (nSPS) is 12.1. The first-order valence-electron chi connectivity index (χ1n) is 6.73. The van der Waals surface area contributed by atoms with Crippen LogP contribution in [-0.2, 0) is 4.79 Å². The molecule has 1 aromatic carbocycles. The van der Waals surface area contributed by atoms with Crippen LogP contribution < -0.4 is 15.2 Å². The molecule has 2 N–H and O–H groups in total. The zero-order valence-electron chi connectivity index (χ0n) is 12.6. The van der Waals surface area contributed by atoms with E-state index in [0.717, 1.165) is 11.5 Å². The summed E-state index contributed by atoms with van der Waals surface area (Å²) in [7, 11) is 3.36. The lowest BCUT2D eigenvalue weighted by atomic mass is 10.0. The number of rotatable bonds is 7. The second kappa shape index (κ2) is 7.75. The zero-order valence-corrected chi connectivity index (χ0v) is 12.6. The minimum absolute atomic E-state index is 0.0571. The summed E-state index contributed by atoms with van der Waals surface area (Å²) < 4.78 is 10.6. The average molecular weight is 280 g/mol. The van der Waals surface area contributed by atoms with Crippen molar-refractivity contribution in [2.45, 2.75) is 19.9 Å². The van der Waals surface area contributed by atoms with E-state index in [1.807, 2.05) is 38.1 Å². The van der Waals surface area contributed by atoms with Gasteiger partial charge in [-0.3, -0.25) is 4.79 Å². The fraction of sp³-hybridized carbons (Fsp3) is 0.533. The lowest BCUT2D eigenvalue weighted by molar-refractivity contribution is -0.132. The number of carbonyl (C=O) groups excluding carboxylic acids is 1. The Kier molecular flexibility index (Phi) is 6.31. The fourth-order valence-corrected chi connectivity index (χ4v) is 1.62. The first kappa shape index (κ1) is 16.3. The molecule has 1 unspecified atom stereocenters. The number of amides is 1. The number of methoxy groups -OCH3 is 1. The topological polar surface area (TPSA) is 64.8 Å². The molecule has 0 aliphatic heterocycles. The average Bonchev–Trinajstić information content (AvgIpc) is 2.46. The molecule has 20 heavy (non-hydrogen) atoms. The smallest absolute Gasteiger partial charge is 0.239 e. The molecule has 0 fully saturated rings. The Morgan fingerprint density at radius 3 is 2.30 bits per heavy atom. The standard InChI is InChI=1S/C15H24N2O3/c1-11(2)14(16)15(18)17(3)9-10-20-13-7-5-12(19-4)6-8-13/h5-8,11,14H,9-10,16H2,1-4H3. The number of ether oxygens (including phenoxy) is 2. The van der Waals surface area contributed by atoms with Crippen molar-refractivity contribution in [3.8, 4) is 11.5 Å². The van der Waals surface area contributed by atoms with Crippen molar-refractivity contribution in [1.29, 1.82) is 0 Å². The van der Waals surface area contributed by atoms with Crippen LogP contribution in [0.15, 0.2) is 24.3 Å². The van der Waals surface area contributed by atoms with Crippen LogP contribution >= 0.6 is 0 Å². The summed E-state index contributed by atoms with van der Waals surface area (Å²) in [5.41, 5.74) is 5.83. The Labute approximate surface area is 120 Å². The van der Waals surface area contributed by atoms with Gasteiger partial charge < -0.3 is 20.1 Å². The molecule has 0 aliphatic rings. The first-order chi connectivity index (χ1) is 9.45. The van der Waals surface area contributed by atoms with Gasteiger partial charge in [0.25, 0.3) is 0 Å². The van der Waals surface area contributed by atoms with Gasteiger partial charge >= 0.3 is 0 Å².